The fourth-order valence-corrected chi connectivity index (χ4v) is 4.01. The summed E-state index contributed by atoms with van der Waals surface area (Å²) < 4.78 is 37.9. The van der Waals surface area contributed by atoms with Gasteiger partial charge < -0.3 is 4.90 Å². The van der Waals surface area contributed by atoms with Gasteiger partial charge in [-0.15, -0.1) is 0 Å². The molecule has 3 nitrogen and oxygen atoms in total. The van der Waals surface area contributed by atoms with Gasteiger partial charge in [0.2, 0.25) is 5.91 Å². The SMILES string of the molecule is Cc1ccc(N2CCCC3(CCCN3CCC(F)(F)F)C2=O)cc1. The van der Waals surface area contributed by atoms with Crippen molar-refractivity contribution in [2.45, 2.75) is 50.7 Å². The predicted octanol–water partition coefficient (Wildman–Crippen LogP) is 3.91. The lowest BCUT2D eigenvalue weighted by atomic mass is 9.85. The molecule has 0 N–H and O–H groups in total. The van der Waals surface area contributed by atoms with Gasteiger partial charge in [-0.3, -0.25) is 9.69 Å². The summed E-state index contributed by atoms with van der Waals surface area (Å²) in [6.45, 7) is 3.11. The first-order valence-corrected chi connectivity index (χ1v) is 8.52. The third-order valence-corrected chi connectivity index (χ3v) is 5.25. The van der Waals surface area contributed by atoms with E-state index in [2.05, 4.69) is 0 Å². The van der Waals surface area contributed by atoms with E-state index in [0.717, 1.165) is 24.1 Å². The smallest absolute Gasteiger partial charge is 0.311 e. The second-order valence-corrected chi connectivity index (χ2v) is 6.88. The molecule has 1 amide bonds. The third-order valence-electron chi connectivity index (χ3n) is 5.25. The minimum atomic E-state index is -4.18. The van der Waals surface area contributed by atoms with Crippen molar-refractivity contribution < 1.29 is 18.0 Å². The Balaban J connectivity index is 1.81. The van der Waals surface area contributed by atoms with Gasteiger partial charge in [-0.2, -0.15) is 13.2 Å². The molecular formula is C18H23F3N2O. The van der Waals surface area contributed by atoms with Gasteiger partial charge >= 0.3 is 6.18 Å². The zero-order valence-electron chi connectivity index (χ0n) is 13.9. The van der Waals surface area contributed by atoms with Crippen molar-refractivity contribution in [1.82, 2.24) is 4.90 Å². The van der Waals surface area contributed by atoms with Crippen LogP contribution in [0.15, 0.2) is 24.3 Å². The Hall–Kier alpha value is -1.56. The summed E-state index contributed by atoms with van der Waals surface area (Å²) in [5, 5.41) is 0. The van der Waals surface area contributed by atoms with E-state index >= 15 is 0 Å². The fraction of sp³-hybridized carbons (Fsp3) is 0.611. The normalized spacial score (nSPS) is 25.7. The number of anilines is 1. The number of hydrogen-bond acceptors (Lipinski definition) is 2. The number of nitrogens with zero attached hydrogens (tertiary/aromatic N) is 2. The van der Waals surface area contributed by atoms with Crippen LogP contribution in [0.5, 0.6) is 0 Å². The molecule has 24 heavy (non-hydrogen) atoms. The number of hydrogen-bond donors (Lipinski definition) is 0. The number of carbonyl (C=O) groups is 1. The lowest BCUT2D eigenvalue weighted by Crippen LogP contribution is -2.60. The highest BCUT2D eigenvalue weighted by atomic mass is 19.4. The highest BCUT2D eigenvalue weighted by molar-refractivity contribution is 6.01. The molecule has 2 aliphatic heterocycles. The maximum absolute atomic E-state index is 13.2. The molecule has 6 heteroatoms. The average Bonchev–Trinajstić information content (AvgIpc) is 2.92. The number of carbonyl (C=O) groups excluding carboxylic acids is 1. The summed E-state index contributed by atoms with van der Waals surface area (Å²) in [5.74, 6) is -0.0303. The number of halogens is 3. The lowest BCUT2D eigenvalue weighted by Gasteiger charge is -2.44. The van der Waals surface area contributed by atoms with Crippen LogP contribution in [-0.2, 0) is 4.79 Å². The van der Waals surface area contributed by atoms with Gasteiger partial charge in [0, 0.05) is 18.8 Å². The predicted molar refractivity (Wildman–Crippen MR) is 87.0 cm³/mol. The van der Waals surface area contributed by atoms with Crippen molar-refractivity contribution in [2.75, 3.05) is 24.5 Å². The molecule has 0 saturated carbocycles. The molecule has 2 fully saturated rings. The Kier molecular flexibility index (Phi) is 4.60. The Morgan fingerprint density at radius 1 is 1.08 bits per heavy atom. The van der Waals surface area contributed by atoms with E-state index < -0.39 is 18.1 Å². The van der Waals surface area contributed by atoms with Gasteiger partial charge in [0.05, 0.1) is 6.42 Å². The first-order chi connectivity index (χ1) is 11.3. The average molecular weight is 340 g/mol. The Bertz CT molecular complexity index is 599. The number of likely N-dealkylation sites (tertiary alicyclic amines) is 1. The van der Waals surface area contributed by atoms with E-state index in [1.807, 2.05) is 31.2 Å². The molecule has 1 atom stereocenters. The number of piperidine rings is 1. The molecule has 2 aliphatic rings. The number of alkyl halides is 3. The van der Waals surface area contributed by atoms with Gasteiger partial charge in [-0.25, -0.2) is 0 Å². The van der Waals surface area contributed by atoms with Crippen LogP contribution in [0, 0.1) is 6.92 Å². The molecule has 3 rings (SSSR count). The highest BCUT2D eigenvalue weighted by Gasteiger charge is 2.51. The summed E-state index contributed by atoms with van der Waals surface area (Å²) in [6.07, 6.45) is -2.11. The first-order valence-electron chi connectivity index (χ1n) is 8.52. The quantitative estimate of drug-likeness (QED) is 0.833. The van der Waals surface area contributed by atoms with E-state index in [1.54, 1.807) is 9.80 Å². The second kappa shape index (κ2) is 6.39. The molecule has 1 aromatic carbocycles. The van der Waals surface area contributed by atoms with Crippen LogP contribution in [0.2, 0.25) is 0 Å². The van der Waals surface area contributed by atoms with E-state index in [0.29, 0.717) is 25.9 Å². The van der Waals surface area contributed by atoms with Gasteiger partial charge in [-0.05, 0) is 51.3 Å². The Labute approximate surface area is 140 Å². The van der Waals surface area contributed by atoms with Crippen molar-refractivity contribution in [1.29, 1.82) is 0 Å². The van der Waals surface area contributed by atoms with Crippen LogP contribution in [0.3, 0.4) is 0 Å². The Morgan fingerprint density at radius 3 is 2.33 bits per heavy atom. The van der Waals surface area contributed by atoms with Crippen molar-refractivity contribution >= 4 is 11.6 Å². The molecule has 0 bridgehead atoms. The number of amides is 1. The number of benzene rings is 1. The maximum Gasteiger partial charge on any atom is 0.390 e. The molecule has 132 valence electrons. The van der Waals surface area contributed by atoms with Crippen LogP contribution < -0.4 is 4.90 Å². The first kappa shape index (κ1) is 17.3. The topological polar surface area (TPSA) is 23.6 Å². The lowest BCUT2D eigenvalue weighted by molar-refractivity contribution is -0.146. The van der Waals surface area contributed by atoms with Gasteiger partial charge in [0.15, 0.2) is 0 Å². The molecule has 1 unspecified atom stereocenters. The number of rotatable bonds is 3. The summed E-state index contributed by atoms with van der Waals surface area (Å²) >= 11 is 0. The van der Waals surface area contributed by atoms with Crippen LogP contribution in [-0.4, -0.2) is 42.2 Å². The van der Waals surface area contributed by atoms with Crippen LogP contribution >= 0.6 is 0 Å². The largest absolute Gasteiger partial charge is 0.390 e. The molecule has 1 aromatic rings. The molecule has 2 saturated heterocycles. The van der Waals surface area contributed by atoms with E-state index in [9.17, 15) is 18.0 Å². The van der Waals surface area contributed by atoms with Gasteiger partial charge in [0.25, 0.3) is 0 Å². The zero-order chi connectivity index (χ0) is 17.4. The van der Waals surface area contributed by atoms with Gasteiger partial charge in [0.1, 0.15) is 5.54 Å². The fourth-order valence-electron chi connectivity index (χ4n) is 4.01. The summed E-state index contributed by atoms with van der Waals surface area (Å²) in [4.78, 5) is 16.7. The van der Waals surface area contributed by atoms with Crippen molar-refractivity contribution in [2.24, 2.45) is 0 Å². The van der Waals surface area contributed by atoms with Crippen LogP contribution in [0.25, 0.3) is 0 Å². The van der Waals surface area contributed by atoms with Gasteiger partial charge in [-0.1, -0.05) is 17.7 Å². The molecule has 2 heterocycles. The molecule has 0 radical (unpaired) electrons. The summed E-state index contributed by atoms with van der Waals surface area (Å²) in [6, 6.07) is 7.75. The van der Waals surface area contributed by atoms with Crippen molar-refractivity contribution in [3.63, 3.8) is 0 Å². The van der Waals surface area contributed by atoms with E-state index in [4.69, 9.17) is 0 Å². The molecule has 1 spiro atoms. The van der Waals surface area contributed by atoms with Crippen molar-refractivity contribution in [3.8, 4) is 0 Å². The molecular weight excluding hydrogens is 317 g/mol. The second-order valence-electron chi connectivity index (χ2n) is 6.88. The van der Waals surface area contributed by atoms with Crippen molar-refractivity contribution in [3.05, 3.63) is 29.8 Å². The minimum absolute atomic E-state index is 0.0303. The van der Waals surface area contributed by atoms with E-state index in [-0.39, 0.29) is 12.5 Å². The zero-order valence-corrected chi connectivity index (χ0v) is 13.9. The monoisotopic (exact) mass is 340 g/mol. The number of aryl methyl sites for hydroxylation is 1. The van der Waals surface area contributed by atoms with E-state index in [1.165, 1.54) is 0 Å². The third kappa shape index (κ3) is 3.29. The standard InChI is InChI=1S/C18H23F3N2O/c1-14-4-6-15(7-5-14)23-12-3-9-17(16(23)24)8-2-11-22(17)13-10-18(19,20)21/h4-7H,2-3,8-13H2,1H3. The van der Waals surface area contributed by atoms with Crippen LogP contribution in [0.4, 0.5) is 18.9 Å². The molecule has 0 aliphatic carbocycles. The maximum atomic E-state index is 13.2. The Morgan fingerprint density at radius 2 is 1.71 bits per heavy atom. The van der Waals surface area contributed by atoms with Crippen LogP contribution in [0.1, 0.15) is 37.7 Å². The summed E-state index contributed by atoms with van der Waals surface area (Å²) in [7, 11) is 0. The summed E-state index contributed by atoms with van der Waals surface area (Å²) in [5.41, 5.74) is 1.21. The minimum Gasteiger partial charge on any atom is -0.311 e. The molecule has 0 aromatic heterocycles. The highest BCUT2D eigenvalue weighted by Crippen LogP contribution is 2.40.